The molecule has 1 aliphatic carbocycles. The molecule has 2 aliphatic rings. The third-order valence-electron chi connectivity index (χ3n) is 6.88. The zero-order valence-corrected chi connectivity index (χ0v) is 15.6. The molecule has 1 aromatic carbocycles. The van der Waals surface area contributed by atoms with Gasteiger partial charge in [-0.25, -0.2) is 0 Å². The second-order valence-electron chi connectivity index (χ2n) is 8.57. The Labute approximate surface area is 148 Å². The van der Waals surface area contributed by atoms with Crippen molar-refractivity contribution in [2.45, 2.75) is 70.6 Å². The van der Waals surface area contributed by atoms with Crippen molar-refractivity contribution in [3.05, 3.63) is 29.8 Å². The molecule has 2 atom stereocenters. The molecule has 1 saturated carbocycles. The topological polar surface area (TPSA) is 23.5 Å². The minimum absolute atomic E-state index is 0.193. The summed E-state index contributed by atoms with van der Waals surface area (Å²) in [5.74, 6) is 2.04. The fourth-order valence-electron chi connectivity index (χ4n) is 4.89. The van der Waals surface area contributed by atoms with Crippen LogP contribution in [0.4, 0.5) is 0 Å². The highest BCUT2D eigenvalue weighted by molar-refractivity contribution is 5.33. The van der Waals surface area contributed by atoms with Gasteiger partial charge in [0.05, 0.1) is 0 Å². The Kier molecular flexibility index (Phi) is 5.86. The summed E-state index contributed by atoms with van der Waals surface area (Å²) in [5.41, 5.74) is 1.50. The summed E-state index contributed by atoms with van der Waals surface area (Å²) in [6.45, 7) is 8.43. The summed E-state index contributed by atoms with van der Waals surface area (Å²) in [5, 5.41) is 9.83. The Morgan fingerprint density at radius 1 is 1.21 bits per heavy atom. The molecule has 0 spiro atoms. The lowest BCUT2D eigenvalue weighted by Gasteiger charge is -2.45. The maximum atomic E-state index is 9.83. The third-order valence-corrected chi connectivity index (χ3v) is 6.88. The molecule has 1 aliphatic heterocycles. The van der Waals surface area contributed by atoms with Crippen LogP contribution in [0, 0.1) is 11.8 Å². The predicted molar refractivity (Wildman–Crippen MR) is 101 cm³/mol. The lowest BCUT2D eigenvalue weighted by molar-refractivity contribution is 0.107. The van der Waals surface area contributed by atoms with Gasteiger partial charge in [-0.3, -0.25) is 0 Å². The maximum absolute atomic E-state index is 9.83. The number of rotatable bonds is 5. The van der Waals surface area contributed by atoms with Crippen molar-refractivity contribution >= 4 is 0 Å². The predicted octanol–water partition coefficient (Wildman–Crippen LogP) is 5.35. The Morgan fingerprint density at radius 2 is 2.00 bits per heavy atom. The van der Waals surface area contributed by atoms with Crippen LogP contribution in [0.5, 0.6) is 5.75 Å². The summed E-state index contributed by atoms with van der Waals surface area (Å²) in [4.78, 5) is 2.68. The molecule has 0 radical (unpaired) electrons. The average molecular weight is 330 g/mol. The molecule has 2 fully saturated rings. The quantitative estimate of drug-likeness (QED) is 0.787. The second-order valence-corrected chi connectivity index (χ2v) is 8.57. The molecule has 134 valence electrons. The maximum Gasteiger partial charge on any atom is 0.115 e. The van der Waals surface area contributed by atoms with Gasteiger partial charge in [0.15, 0.2) is 0 Å². The van der Waals surface area contributed by atoms with Crippen LogP contribution in [0.1, 0.15) is 70.8 Å². The molecule has 1 aromatic rings. The van der Waals surface area contributed by atoms with Gasteiger partial charge in [0.25, 0.3) is 0 Å². The number of phenols is 1. The van der Waals surface area contributed by atoms with E-state index in [2.05, 4.69) is 24.8 Å². The lowest BCUT2D eigenvalue weighted by Crippen LogP contribution is -2.47. The molecule has 2 nitrogen and oxygen atoms in total. The van der Waals surface area contributed by atoms with E-state index in [4.69, 9.17) is 0 Å². The van der Waals surface area contributed by atoms with E-state index in [1.807, 2.05) is 12.1 Å². The van der Waals surface area contributed by atoms with E-state index in [0.717, 1.165) is 5.92 Å². The monoisotopic (exact) mass is 329 g/mol. The van der Waals surface area contributed by atoms with E-state index in [-0.39, 0.29) is 5.41 Å². The molecule has 0 aromatic heterocycles. The molecular formula is C22H35NO. The number of hydrogen-bond donors (Lipinski definition) is 1. The fraction of sp³-hybridized carbons (Fsp3) is 0.727. The van der Waals surface area contributed by atoms with Crippen LogP contribution in [0.15, 0.2) is 24.3 Å². The van der Waals surface area contributed by atoms with Crippen molar-refractivity contribution in [2.75, 3.05) is 19.6 Å². The number of aromatic hydroxyl groups is 1. The first kappa shape index (κ1) is 17.8. The number of nitrogens with zero attached hydrogens (tertiary/aromatic N) is 1. The molecule has 1 heterocycles. The van der Waals surface area contributed by atoms with Crippen molar-refractivity contribution in [1.82, 2.24) is 4.90 Å². The normalized spacial score (nSPS) is 29.7. The SMILES string of the molecule is C[C@H]1CN(CCCC2CCCCC2)CC[C@@]1(C)c1cccc(O)c1. The molecule has 1 N–H and O–H groups in total. The van der Waals surface area contributed by atoms with E-state index in [0.29, 0.717) is 11.7 Å². The Bertz CT molecular complexity index is 522. The van der Waals surface area contributed by atoms with Crippen LogP contribution in [0.25, 0.3) is 0 Å². The highest BCUT2D eigenvalue weighted by Crippen LogP contribution is 2.40. The summed E-state index contributed by atoms with van der Waals surface area (Å²) in [6.07, 6.45) is 11.4. The first-order chi connectivity index (χ1) is 11.6. The van der Waals surface area contributed by atoms with E-state index < -0.39 is 0 Å². The molecule has 0 amide bonds. The molecule has 0 bridgehead atoms. The van der Waals surface area contributed by atoms with Crippen molar-refractivity contribution in [3.8, 4) is 5.75 Å². The minimum atomic E-state index is 0.193. The van der Waals surface area contributed by atoms with Gasteiger partial charge in [0.1, 0.15) is 5.75 Å². The summed E-state index contributed by atoms with van der Waals surface area (Å²) < 4.78 is 0. The Morgan fingerprint density at radius 3 is 2.71 bits per heavy atom. The molecule has 2 heteroatoms. The zero-order chi connectivity index (χ0) is 17.0. The van der Waals surface area contributed by atoms with E-state index in [9.17, 15) is 5.11 Å². The van der Waals surface area contributed by atoms with Gasteiger partial charge in [-0.1, -0.05) is 58.1 Å². The van der Waals surface area contributed by atoms with Gasteiger partial charge in [-0.05, 0) is 67.3 Å². The van der Waals surface area contributed by atoms with Crippen LogP contribution in [-0.2, 0) is 5.41 Å². The first-order valence-corrected chi connectivity index (χ1v) is 10.1. The molecule has 0 unspecified atom stereocenters. The number of piperidine rings is 1. The van der Waals surface area contributed by atoms with E-state index >= 15 is 0 Å². The minimum Gasteiger partial charge on any atom is -0.508 e. The van der Waals surface area contributed by atoms with Crippen LogP contribution in [0.3, 0.4) is 0 Å². The van der Waals surface area contributed by atoms with Gasteiger partial charge in [0, 0.05) is 6.54 Å². The number of benzene rings is 1. The van der Waals surface area contributed by atoms with Crippen molar-refractivity contribution < 1.29 is 5.11 Å². The van der Waals surface area contributed by atoms with E-state index in [1.54, 1.807) is 6.07 Å². The lowest BCUT2D eigenvalue weighted by atomic mass is 9.68. The molecular weight excluding hydrogens is 294 g/mol. The first-order valence-electron chi connectivity index (χ1n) is 10.1. The summed E-state index contributed by atoms with van der Waals surface area (Å²) in [7, 11) is 0. The fourth-order valence-corrected chi connectivity index (χ4v) is 4.89. The van der Waals surface area contributed by atoms with Gasteiger partial charge < -0.3 is 10.0 Å². The standard InChI is InChI=1S/C22H35NO/c1-18-17-23(14-7-10-19-8-4-3-5-9-19)15-13-22(18,2)20-11-6-12-21(24)16-20/h6,11-12,16,18-19,24H,3-5,7-10,13-15,17H2,1-2H3/t18-,22+/m0/s1. The highest BCUT2D eigenvalue weighted by Gasteiger charge is 2.37. The summed E-state index contributed by atoms with van der Waals surface area (Å²) in [6, 6.07) is 7.92. The molecule has 3 rings (SSSR count). The van der Waals surface area contributed by atoms with Crippen LogP contribution < -0.4 is 0 Å². The van der Waals surface area contributed by atoms with Crippen LogP contribution >= 0.6 is 0 Å². The van der Waals surface area contributed by atoms with Crippen molar-refractivity contribution in [1.29, 1.82) is 0 Å². The van der Waals surface area contributed by atoms with Crippen molar-refractivity contribution in [3.63, 3.8) is 0 Å². The number of phenolic OH excluding ortho intramolecular Hbond substituents is 1. The van der Waals surface area contributed by atoms with E-state index in [1.165, 1.54) is 76.6 Å². The third kappa shape index (κ3) is 4.14. The van der Waals surface area contributed by atoms with Crippen molar-refractivity contribution in [2.24, 2.45) is 11.8 Å². The Balaban J connectivity index is 1.49. The zero-order valence-electron chi connectivity index (χ0n) is 15.6. The van der Waals surface area contributed by atoms with Gasteiger partial charge in [0.2, 0.25) is 0 Å². The van der Waals surface area contributed by atoms with Crippen LogP contribution in [-0.4, -0.2) is 29.6 Å². The second kappa shape index (κ2) is 7.91. The number of hydrogen-bond acceptors (Lipinski definition) is 2. The molecule has 24 heavy (non-hydrogen) atoms. The van der Waals surface area contributed by atoms with Gasteiger partial charge in [-0.2, -0.15) is 0 Å². The Hall–Kier alpha value is -1.02. The largest absolute Gasteiger partial charge is 0.508 e. The van der Waals surface area contributed by atoms with Crippen LogP contribution in [0.2, 0.25) is 0 Å². The summed E-state index contributed by atoms with van der Waals surface area (Å²) >= 11 is 0. The highest BCUT2D eigenvalue weighted by atomic mass is 16.3. The number of likely N-dealkylation sites (tertiary alicyclic amines) is 1. The average Bonchev–Trinajstić information content (AvgIpc) is 2.59. The van der Waals surface area contributed by atoms with Gasteiger partial charge >= 0.3 is 0 Å². The smallest absolute Gasteiger partial charge is 0.115 e. The molecule has 1 saturated heterocycles. The van der Waals surface area contributed by atoms with Gasteiger partial charge in [-0.15, -0.1) is 0 Å².